The molecule has 0 spiro atoms. The number of nitrogens with two attached hydrogens (primary N) is 1. The normalized spacial score (nSPS) is 10.5. The van der Waals surface area contributed by atoms with Gasteiger partial charge in [0.05, 0.1) is 17.7 Å². The van der Waals surface area contributed by atoms with E-state index in [-0.39, 0.29) is 0 Å². The summed E-state index contributed by atoms with van der Waals surface area (Å²) in [6, 6.07) is 5.96. The predicted octanol–water partition coefficient (Wildman–Crippen LogP) is 2.43. The SMILES string of the molecule is Cc1cccc(C(N)=S)c1-n1cnc(C)c1C. The highest BCUT2D eigenvalue weighted by Gasteiger charge is 2.12. The number of aromatic nitrogens is 2. The van der Waals surface area contributed by atoms with Gasteiger partial charge in [-0.15, -0.1) is 0 Å². The standard InChI is InChI=1S/C13H15N3S/c1-8-5-4-6-11(13(14)17)12(8)16-7-15-9(2)10(16)3/h4-7H,1-3H3,(H2,14,17). The summed E-state index contributed by atoms with van der Waals surface area (Å²) in [7, 11) is 0. The summed E-state index contributed by atoms with van der Waals surface area (Å²) >= 11 is 5.10. The van der Waals surface area contributed by atoms with Crippen LogP contribution in [0.15, 0.2) is 24.5 Å². The summed E-state index contributed by atoms with van der Waals surface area (Å²) in [4.78, 5) is 4.72. The Morgan fingerprint density at radius 1 is 1.29 bits per heavy atom. The van der Waals surface area contributed by atoms with Crippen LogP contribution in [0, 0.1) is 20.8 Å². The molecule has 17 heavy (non-hydrogen) atoms. The van der Waals surface area contributed by atoms with E-state index in [4.69, 9.17) is 18.0 Å². The number of hydrogen-bond donors (Lipinski definition) is 1. The van der Waals surface area contributed by atoms with Gasteiger partial charge in [-0.05, 0) is 32.4 Å². The smallest absolute Gasteiger partial charge is 0.106 e. The Kier molecular flexibility index (Phi) is 2.98. The van der Waals surface area contributed by atoms with E-state index in [1.807, 2.05) is 49.9 Å². The quantitative estimate of drug-likeness (QED) is 0.826. The largest absolute Gasteiger partial charge is 0.389 e. The van der Waals surface area contributed by atoms with E-state index in [0.717, 1.165) is 28.2 Å². The highest BCUT2D eigenvalue weighted by molar-refractivity contribution is 7.80. The molecule has 0 saturated heterocycles. The molecule has 0 saturated carbocycles. The maximum Gasteiger partial charge on any atom is 0.106 e. The summed E-state index contributed by atoms with van der Waals surface area (Å²) in [5.41, 5.74) is 10.9. The average molecular weight is 245 g/mol. The van der Waals surface area contributed by atoms with Crippen molar-refractivity contribution < 1.29 is 0 Å². The molecule has 1 heterocycles. The molecule has 0 aliphatic carbocycles. The number of rotatable bonds is 2. The third-order valence-corrected chi connectivity index (χ3v) is 3.22. The van der Waals surface area contributed by atoms with Crippen LogP contribution in [0.25, 0.3) is 5.69 Å². The van der Waals surface area contributed by atoms with Gasteiger partial charge in [0.1, 0.15) is 4.99 Å². The number of benzene rings is 1. The minimum absolute atomic E-state index is 0.412. The number of nitrogens with zero attached hydrogens (tertiary/aromatic N) is 2. The highest BCUT2D eigenvalue weighted by atomic mass is 32.1. The molecule has 0 unspecified atom stereocenters. The van der Waals surface area contributed by atoms with Gasteiger partial charge >= 0.3 is 0 Å². The lowest BCUT2D eigenvalue weighted by molar-refractivity contribution is 0.985. The van der Waals surface area contributed by atoms with Crippen LogP contribution < -0.4 is 5.73 Å². The summed E-state index contributed by atoms with van der Waals surface area (Å²) < 4.78 is 2.04. The molecule has 0 atom stereocenters. The highest BCUT2D eigenvalue weighted by Crippen LogP contribution is 2.22. The first kappa shape index (κ1) is 11.8. The second-order valence-electron chi connectivity index (χ2n) is 4.12. The van der Waals surface area contributed by atoms with Crippen LogP contribution in [0.3, 0.4) is 0 Å². The van der Waals surface area contributed by atoms with Crippen molar-refractivity contribution in [3.63, 3.8) is 0 Å². The fourth-order valence-electron chi connectivity index (χ4n) is 1.90. The molecule has 0 radical (unpaired) electrons. The molecule has 3 nitrogen and oxygen atoms in total. The molecular formula is C13H15N3S. The van der Waals surface area contributed by atoms with Crippen molar-refractivity contribution >= 4 is 17.2 Å². The topological polar surface area (TPSA) is 43.8 Å². The summed E-state index contributed by atoms with van der Waals surface area (Å²) in [6.45, 7) is 6.08. The first-order valence-corrected chi connectivity index (χ1v) is 5.83. The average Bonchev–Trinajstić information content (AvgIpc) is 2.60. The van der Waals surface area contributed by atoms with Gasteiger partial charge in [0.25, 0.3) is 0 Å². The maximum absolute atomic E-state index is 5.78. The molecule has 0 bridgehead atoms. The Bertz CT molecular complexity index is 584. The third-order valence-electron chi connectivity index (χ3n) is 3.00. The Labute approximate surface area is 106 Å². The minimum atomic E-state index is 0.412. The van der Waals surface area contributed by atoms with E-state index in [9.17, 15) is 0 Å². The zero-order valence-corrected chi connectivity index (χ0v) is 11.0. The summed E-state index contributed by atoms with van der Waals surface area (Å²) in [5, 5.41) is 0. The van der Waals surface area contributed by atoms with Crippen molar-refractivity contribution in [1.82, 2.24) is 9.55 Å². The number of hydrogen-bond acceptors (Lipinski definition) is 2. The molecule has 2 rings (SSSR count). The van der Waals surface area contributed by atoms with Crippen LogP contribution in [-0.4, -0.2) is 14.5 Å². The van der Waals surface area contributed by atoms with E-state index in [0.29, 0.717) is 4.99 Å². The van der Waals surface area contributed by atoms with Gasteiger partial charge in [0.2, 0.25) is 0 Å². The Morgan fingerprint density at radius 3 is 2.53 bits per heavy atom. The van der Waals surface area contributed by atoms with E-state index < -0.39 is 0 Å². The van der Waals surface area contributed by atoms with Crippen LogP contribution in [0.1, 0.15) is 22.5 Å². The zero-order valence-electron chi connectivity index (χ0n) is 10.2. The van der Waals surface area contributed by atoms with Gasteiger partial charge in [-0.3, -0.25) is 0 Å². The van der Waals surface area contributed by atoms with E-state index in [1.165, 1.54) is 0 Å². The van der Waals surface area contributed by atoms with Gasteiger partial charge in [-0.2, -0.15) is 0 Å². The number of thiocarbonyl (C=S) groups is 1. The molecular weight excluding hydrogens is 230 g/mol. The molecule has 4 heteroatoms. The lowest BCUT2D eigenvalue weighted by Crippen LogP contribution is -2.14. The van der Waals surface area contributed by atoms with Crippen LogP contribution in [0.4, 0.5) is 0 Å². The van der Waals surface area contributed by atoms with E-state index in [1.54, 1.807) is 0 Å². The van der Waals surface area contributed by atoms with Gasteiger partial charge < -0.3 is 10.3 Å². The fraction of sp³-hybridized carbons (Fsp3) is 0.231. The first-order chi connectivity index (χ1) is 8.02. The van der Waals surface area contributed by atoms with Gasteiger partial charge in [-0.25, -0.2) is 4.98 Å². The second kappa shape index (κ2) is 4.30. The number of imidazole rings is 1. The fourth-order valence-corrected chi connectivity index (χ4v) is 2.07. The molecule has 1 aromatic heterocycles. The van der Waals surface area contributed by atoms with Crippen LogP contribution in [0.5, 0.6) is 0 Å². The van der Waals surface area contributed by atoms with Gasteiger partial charge in [-0.1, -0.05) is 24.4 Å². The molecule has 1 aromatic carbocycles. The van der Waals surface area contributed by atoms with Gasteiger partial charge in [0.15, 0.2) is 0 Å². The van der Waals surface area contributed by atoms with Crippen molar-refractivity contribution in [3.05, 3.63) is 47.0 Å². The predicted molar refractivity (Wildman–Crippen MR) is 73.7 cm³/mol. The summed E-state index contributed by atoms with van der Waals surface area (Å²) in [5.74, 6) is 0. The lowest BCUT2D eigenvalue weighted by atomic mass is 10.1. The van der Waals surface area contributed by atoms with Crippen LogP contribution in [-0.2, 0) is 0 Å². The molecule has 0 aliphatic rings. The van der Waals surface area contributed by atoms with Crippen molar-refractivity contribution in [2.75, 3.05) is 0 Å². The minimum Gasteiger partial charge on any atom is -0.389 e. The van der Waals surface area contributed by atoms with E-state index >= 15 is 0 Å². The first-order valence-electron chi connectivity index (χ1n) is 5.42. The van der Waals surface area contributed by atoms with E-state index in [2.05, 4.69) is 4.98 Å². The van der Waals surface area contributed by atoms with Crippen molar-refractivity contribution in [1.29, 1.82) is 0 Å². The molecule has 0 amide bonds. The lowest BCUT2D eigenvalue weighted by Gasteiger charge is -2.14. The zero-order chi connectivity index (χ0) is 12.6. The second-order valence-corrected chi connectivity index (χ2v) is 4.56. The maximum atomic E-state index is 5.78. The Balaban J connectivity index is 2.74. The molecule has 2 aromatic rings. The molecule has 2 N–H and O–H groups in total. The monoisotopic (exact) mass is 245 g/mol. The summed E-state index contributed by atoms with van der Waals surface area (Å²) in [6.07, 6.45) is 1.81. The molecule has 0 fully saturated rings. The van der Waals surface area contributed by atoms with Crippen molar-refractivity contribution in [2.45, 2.75) is 20.8 Å². The Hall–Kier alpha value is -1.68. The molecule has 0 aliphatic heterocycles. The Morgan fingerprint density at radius 2 is 2.00 bits per heavy atom. The third kappa shape index (κ3) is 1.96. The van der Waals surface area contributed by atoms with Crippen molar-refractivity contribution in [3.8, 4) is 5.69 Å². The molecule has 88 valence electrons. The number of aryl methyl sites for hydroxylation is 2. The van der Waals surface area contributed by atoms with Crippen LogP contribution >= 0.6 is 12.2 Å². The van der Waals surface area contributed by atoms with Crippen molar-refractivity contribution in [2.24, 2.45) is 5.73 Å². The van der Waals surface area contributed by atoms with Gasteiger partial charge in [0, 0.05) is 11.3 Å². The number of para-hydroxylation sites is 1. The van der Waals surface area contributed by atoms with Crippen LogP contribution in [0.2, 0.25) is 0 Å².